The number of halogens is 3. The van der Waals surface area contributed by atoms with Crippen LogP contribution in [0.25, 0.3) is 11.1 Å². The average Bonchev–Trinajstić information content (AvgIpc) is 3.28. The van der Waals surface area contributed by atoms with Crippen LogP contribution in [-0.4, -0.2) is 46.9 Å². The first-order valence-electron chi connectivity index (χ1n) is 20.4. The number of aliphatic carboxylic acids is 1. The minimum Gasteiger partial charge on any atom is -0.489 e. The molecule has 2 aliphatic heterocycles. The van der Waals surface area contributed by atoms with Gasteiger partial charge < -0.3 is 24.8 Å². The molecule has 0 aliphatic carbocycles. The van der Waals surface area contributed by atoms with Gasteiger partial charge in [-0.15, -0.1) is 0 Å². The quantitative estimate of drug-likeness (QED) is 0.119. The van der Waals surface area contributed by atoms with Crippen LogP contribution < -0.4 is 19.7 Å². The van der Waals surface area contributed by atoms with Crippen molar-refractivity contribution in [3.05, 3.63) is 182 Å². The molecular weight excluding hydrogens is 845 g/mol. The number of amides is 2. The predicted octanol–water partition coefficient (Wildman–Crippen LogP) is 10.7. The maximum atomic E-state index is 14.5. The highest BCUT2D eigenvalue weighted by Crippen LogP contribution is 2.43. The fraction of sp³-hybridized carbons (Fsp3) is 0.220. The molecule has 2 N–H and O–H groups in total. The molecule has 2 amide bonds. The number of carboxylic acids is 1. The molecule has 0 bridgehead atoms. The van der Waals surface area contributed by atoms with Crippen molar-refractivity contribution in [3.8, 4) is 22.6 Å². The Kier molecular flexibility index (Phi) is 12.9. The number of carbonyl (C=O) groups excluding carboxylic acids is 2. The Morgan fingerprint density at radius 2 is 1.50 bits per heavy atom. The van der Waals surface area contributed by atoms with Crippen molar-refractivity contribution >= 4 is 58.3 Å². The lowest BCUT2D eigenvalue weighted by molar-refractivity contribution is -0.143. The van der Waals surface area contributed by atoms with Crippen LogP contribution in [0.5, 0.6) is 11.5 Å². The highest BCUT2D eigenvalue weighted by atomic mass is 35.5. The standard InChI is InChI=1S/C50H44Cl3N3O6/c1-3-43(34-7-5-4-6-8-34)56-28-37-27-46-44(55(2)49(58)47(62-46)35-16-20-39(21-17-35)61-29-31-11-22-40(52)41(53)23-31)25-36(37)26-45(56)48(57)54-42(50(59)60)24-30-9-12-32(13-10-30)33-14-18-38(51)19-15-33/h4-23,25,27,42-43,45,47H,3,24,26,28-29H2,1-2H3,(H,54,57)(H,59,60)/t42?,43-,45-,47+/m0/s1. The van der Waals surface area contributed by atoms with Crippen LogP contribution in [0.2, 0.25) is 15.1 Å². The van der Waals surface area contributed by atoms with Gasteiger partial charge in [-0.1, -0.05) is 127 Å². The fourth-order valence-corrected chi connectivity index (χ4v) is 8.73. The van der Waals surface area contributed by atoms with Gasteiger partial charge in [0.2, 0.25) is 12.0 Å². The molecule has 8 rings (SSSR count). The van der Waals surface area contributed by atoms with Gasteiger partial charge in [-0.3, -0.25) is 14.5 Å². The van der Waals surface area contributed by atoms with Crippen molar-refractivity contribution < 1.29 is 29.0 Å². The largest absolute Gasteiger partial charge is 0.489 e. The van der Waals surface area contributed by atoms with Gasteiger partial charge in [0.25, 0.3) is 5.91 Å². The van der Waals surface area contributed by atoms with E-state index in [-0.39, 0.29) is 24.3 Å². The van der Waals surface area contributed by atoms with Crippen molar-refractivity contribution in [3.63, 3.8) is 0 Å². The molecule has 2 aliphatic rings. The summed E-state index contributed by atoms with van der Waals surface area (Å²) in [6, 6.07) is 39.7. The summed E-state index contributed by atoms with van der Waals surface area (Å²) in [7, 11) is 1.72. The number of carbonyl (C=O) groups is 3. The Morgan fingerprint density at radius 1 is 0.823 bits per heavy atom. The van der Waals surface area contributed by atoms with E-state index in [2.05, 4.69) is 29.3 Å². The first-order valence-corrected chi connectivity index (χ1v) is 21.5. The van der Waals surface area contributed by atoms with E-state index in [0.29, 0.717) is 63.8 Å². The number of benzene rings is 6. The third-order valence-corrected chi connectivity index (χ3v) is 12.6. The van der Waals surface area contributed by atoms with Crippen molar-refractivity contribution in [1.82, 2.24) is 10.2 Å². The summed E-state index contributed by atoms with van der Waals surface area (Å²) in [4.78, 5) is 44.8. The summed E-state index contributed by atoms with van der Waals surface area (Å²) in [5.41, 5.74) is 7.78. The number of nitrogens with zero attached hydrogens (tertiary/aromatic N) is 2. The fourth-order valence-electron chi connectivity index (χ4n) is 8.28. The van der Waals surface area contributed by atoms with Crippen LogP contribution in [0.1, 0.15) is 58.9 Å². The van der Waals surface area contributed by atoms with E-state index in [1.165, 1.54) is 0 Å². The Bertz CT molecular complexity index is 2590. The highest BCUT2D eigenvalue weighted by Gasteiger charge is 2.40. The SMILES string of the molecule is CC[C@@H](c1ccccc1)N1Cc2cc3c(cc2C[C@H]1C(=O)NC(Cc1ccc(-c2ccc(Cl)cc2)cc1)C(=O)O)N(C)C(=O)[C@@H](c1ccc(OCc2ccc(Cl)c(Cl)c2)cc1)O3. The number of hydrogen-bond acceptors (Lipinski definition) is 6. The smallest absolute Gasteiger partial charge is 0.326 e. The molecule has 316 valence electrons. The molecule has 2 heterocycles. The zero-order valence-corrected chi connectivity index (χ0v) is 36.3. The molecule has 0 spiro atoms. The van der Waals surface area contributed by atoms with Crippen LogP contribution in [0.15, 0.2) is 133 Å². The minimum absolute atomic E-state index is 0.106. The summed E-state index contributed by atoms with van der Waals surface area (Å²) in [5, 5.41) is 14.9. The maximum absolute atomic E-state index is 14.5. The monoisotopic (exact) mass is 887 g/mol. The lowest BCUT2D eigenvalue weighted by atomic mass is 9.88. The number of anilines is 1. The average molecular weight is 889 g/mol. The molecule has 0 saturated carbocycles. The third-order valence-electron chi connectivity index (χ3n) is 11.6. The summed E-state index contributed by atoms with van der Waals surface area (Å²) < 4.78 is 12.5. The van der Waals surface area contributed by atoms with Crippen LogP contribution >= 0.6 is 34.8 Å². The van der Waals surface area contributed by atoms with Gasteiger partial charge in [-0.2, -0.15) is 0 Å². The lowest BCUT2D eigenvalue weighted by Crippen LogP contribution is -2.55. The van der Waals surface area contributed by atoms with Crippen molar-refractivity contribution in [1.29, 1.82) is 0 Å². The van der Waals surface area contributed by atoms with Gasteiger partial charge >= 0.3 is 5.97 Å². The zero-order chi connectivity index (χ0) is 43.5. The Balaban J connectivity index is 1.02. The van der Waals surface area contributed by atoms with E-state index in [1.54, 1.807) is 36.2 Å². The summed E-state index contributed by atoms with van der Waals surface area (Å²) >= 11 is 18.3. The summed E-state index contributed by atoms with van der Waals surface area (Å²) in [5.74, 6) is -0.566. The van der Waals surface area contributed by atoms with Crippen molar-refractivity contribution in [2.75, 3.05) is 11.9 Å². The topological polar surface area (TPSA) is 108 Å². The van der Waals surface area contributed by atoms with Gasteiger partial charge in [-0.25, -0.2) is 4.79 Å². The first kappa shape index (κ1) is 42.8. The summed E-state index contributed by atoms with van der Waals surface area (Å²) in [6.45, 7) is 2.77. The van der Waals surface area contributed by atoms with Gasteiger partial charge in [0.15, 0.2) is 0 Å². The van der Waals surface area contributed by atoms with E-state index < -0.39 is 24.2 Å². The number of likely N-dealkylation sites (N-methyl/N-ethyl adjacent to an activating group) is 1. The number of rotatable bonds is 13. The van der Waals surface area contributed by atoms with Crippen molar-refractivity contribution in [2.24, 2.45) is 0 Å². The van der Waals surface area contributed by atoms with Crippen LogP contribution in [0.3, 0.4) is 0 Å². The second-order valence-electron chi connectivity index (χ2n) is 15.6. The normalized spacial score (nSPS) is 17.0. The second kappa shape index (κ2) is 18.6. The lowest BCUT2D eigenvalue weighted by Gasteiger charge is -2.42. The van der Waals surface area contributed by atoms with E-state index in [0.717, 1.165) is 38.9 Å². The number of hydrogen-bond donors (Lipinski definition) is 2. The Hall–Kier alpha value is -5.84. The van der Waals surface area contributed by atoms with Gasteiger partial charge in [0, 0.05) is 36.6 Å². The summed E-state index contributed by atoms with van der Waals surface area (Å²) in [6.07, 6.45) is 0.227. The molecule has 0 saturated heterocycles. The molecule has 6 aromatic rings. The maximum Gasteiger partial charge on any atom is 0.326 e. The van der Waals surface area contributed by atoms with Gasteiger partial charge in [0.1, 0.15) is 24.1 Å². The van der Waals surface area contributed by atoms with Crippen LogP contribution in [-0.2, 0) is 40.4 Å². The molecule has 0 aromatic heterocycles. The van der Waals surface area contributed by atoms with Crippen LogP contribution in [0.4, 0.5) is 5.69 Å². The Morgan fingerprint density at radius 3 is 2.16 bits per heavy atom. The highest BCUT2D eigenvalue weighted by molar-refractivity contribution is 6.42. The van der Waals surface area contributed by atoms with E-state index in [4.69, 9.17) is 44.3 Å². The molecule has 0 fully saturated rings. The number of carboxylic acid groups (broad SMARTS) is 1. The molecule has 9 nitrogen and oxygen atoms in total. The molecule has 62 heavy (non-hydrogen) atoms. The third kappa shape index (κ3) is 9.32. The van der Waals surface area contributed by atoms with E-state index in [9.17, 15) is 19.5 Å². The number of fused-ring (bicyclic) bond motifs is 2. The zero-order valence-electron chi connectivity index (χ0n) is 34.1. The minimum atomic E-state index is -1.16. The van der Waals surface area contributed by atoms with Crippen molar-refractivity contribution in [2.45, 2.75) is 63.6 Å². The predicted molar refractivity (Wildman–Crippen MR) is 243 cm³/mol. The molecule has 1 unspecified atom stereocenters. The van der Waals surface area contributed by atoms with E-state index in [1.807, 2.05) is 97.1 Å². The number of nitrogens with one attached hydrogen (secondary N) is 1. The molecule has 12 heteroatoms. The van der Waals surface area contributed by atoms with Crippen LogP contribution in [0, 0.1) is 0 Å². The molecular formula is C50H44Cl3N3O6. The second-order valence-corrected chi connectivity index (χ2v) is 16.9. The Labute approximate surface area is 375 Å². The van der Waals surface area contributed by atoms with Gasteiger partial charge in [-0.05, 0) is 100 Å². The molecule has 4 atom stereocenters. The number of ether oxygens (including phenoxy) is 2. The molecule has 6 aromatic carbocycles. The van der Waals surface area contributed by atoms with E-state index >= 15 is 0 Å². The first-order chi connectivity index (χ1) is 29.9. The van der Waals surface area contributed by atoms with Gasteiger partial charge in [0.05, 0.1) is 21.8 Å². The molecule has 0 radical (unpaired) electrons.